The first-order valence-electron chi connectivity index (χ1n) is 9.78. The molecule has 0 unspecified atom stereocenters. The molecule has 2 amide bonds. The standard InChI is InChI=1S/C21H22ClF3N4O2S/c1-11-6-13(10-20(2,3)9-11)28-29-19-27-18(31)16(32-19)8-17(30)26-15-7-12(21(23,24)25)4-5-14(15)22/h4-7,16H,8-10H2,1-3H3,(H,26,30)(H,27,29,31)/t16-/m1/s1. The summed E-state index contributed by atoms with van der Waals surface area (Å²) in [4.78, 5) is 24.5. The molecule has 2 N–H and O–H groups in total. The van der Waals surface area contributed by atoms with Gasteiger partial charge in [0.2, 0.25) is 11.8 Å². The topological polar surface area (TPSA) is 82.9 Å². The molecule has 2 aliphatic rings. The normalized spacial score (nSPS) is 23.3. The molecule has 0 saturated carbocycles. The second-order valence-corrected chi connectivity index (χ2v) is 10.1. The third-order valence-electron chi connectivity index (χ3n) is 4.81. The highest BCUT2D eigenvalue weighted by molar-refractivity contribution is 8.15. The third-order valence-corrected chi connectivity index (χ3v) is 6.22. The van der Waals surface area contributed by atoms with Crippen molar-refractivity contribution in [1.82, 2.24) is 5.32 Å². The summed E-state index contributed by atoms with van der Waals surface area (Å²) in [5, 5.41) is 12.7. The van der Waals surface area contributed by atoms with Gasteiger partial charge < -0.3 is 10.6 Å². The molecule has 1 saturated heterocycles. The first kappa shape index (κ1) is 24.3. The smallest absolute Gasteiger partial charge is 0.325 e. The molecular weight excluding hydrogens is 465 g/mol. The van der Waals surface area contributed by atoms with Crippen LogP contribution in [-0.2, 0) is 15.8 Å². The van der Waals surface area contributed by atoms with Crippen LogP contribution in [0.1, 0.15) is 45.6 Å². The Bertz CT molecular complexity index is 1030. The van der Waals surface area contributed by atoms with E-state index >= 15 is 0 Å². The van der Waals surface area contributed by atoms with Crippen molar-refractivity contribution < 1.29 is 22.8 Å². The van der Waals surface area contributed by atoms with Crippen LogP contribution < -0.4 is 10.6 Å². The minimum absolute atomic E-state index is 0.0355. The van der Waals surface area contributed by atoms with Gasteiger partial charge in [0.05, 0.1) is 22.0 Å². The molecule has 1 aliphatic heterocycles. The maximum Gasteiger partial charge on any atom is 0.416 e. The lowest BCUT2D eigenvalue weighted by atomic mass is 9.77. The number of nitrogens with zero attached hydrogens (tertiary/aromatic N) is 2. The number of amides is 2. The lowest BCUT2D eigenvalue weighted by Crippen LogP contribution is -2.28. The SMILES string of the molecule is CC1=CC(=NN=C2NC(=O)[C@@H](CC(=O)Nc3cc(C(F)(F)F)ccc3Cl)S2)CC(C)(C)C1. The lowest BCUT2D eigenvalue weighted by molar-refractivity contribution is -0.137. The number of anilines is 1. The summed E-state index contributed by atoms with van der Waals surface area (Å²) in [6, 6.07) is 2.64. The Kier molecular flexibility index (Phi) is 7.04. The van der Waals surface area contributed by atoms with Crippen molar-refractivity contribution in [2.75, 3.05) is 5.32 Å². The molecule has 6 nitrogen and oxygen atoms in total. The fraction of sp³-hybridized carbons (Fsp3) is 0.429. The zero-order valence-electron chi connectivity index (χ0n) is 17.6. The Hall–Kier alpha value is -2.33. The number of thioether (sulfide) groups is 1. The van der Waals surface area contributed by atoms with Gasteiger partial charge in [-0.3, -0.25) is 9.59 Å². The van der Waals surface area contributed by atoms with Crippen LogP contribution in [0.4, 0.5) is 18.9 Å². The van der Waals surface area contributed by atoms with Gasteiger partial charge in [-0.15, -0.1) is 5.10 Å². The molecule has 1 aliphatic carbocycles. The molecule has 1 aromatic rings. The molecule has 1 heterocycles. The molecule has 172 valence electrons. The van der Waals surface area contributed by atoms with Crippen molar-refractivity contribution in [2.45, 2.75) is 51.5 Å². The summed E-state index contributed by atoms with van der Waals surface area (Å²) < 4.78 is 38.7. The molecular formula is C21H22ClF3N4O2S. The van der Waals surface area contributed by atoms with Crippen molar-refractivity contribution in [1.29, 1.82) is 0 Å². The van der Waals surface area contributed by atoms with Crippen LogP contribution >= 0.6 is 23.4 Å². The quantitative estimate of drug-likeness (QED) is 0.559. The Labute approximate surface area is 192 Å². The number of carbonyl (C=O) groups is 2. The second-order valence-electron chi connectivity index (χ2n) is 8.55. The number of rotatable bonds is 4. The molecule has 3 rings (SSSR count). The third kappa shape index (κ3) is 6.35. The van der Waals surface area contributed by atoms with E-state index in [0.29, 0.717) is 0 Å². The summed E-state index contributed by atoms with van der Waals surface area (Å²) in [6.07, 6.45) is -1.13. The monoisotopic (exact) mass is 486 g/mol. The number of allylic oxidation sites excluding steroid dienone is 2. The largest absolute Gasteiger partial charge is 0.416 e. The predicted molar refractivity (Wildman–Crippen MR) is 121 cm³/mol. The van der Waals surface area contributed by atoms with Crippen molar-refractivity contribution in [3.8, 4) is 0 Å². The number of alkyl halides is 3. The molecule has 1 aromatic carbocycles. The van der Waals surface area contributed by atoms with E-state index in [2.05, 4.69) is 34.7 Å². The zero-order chi connectivity index (χ0) is 23.7. The molecule has 1 atom stereocenters. The van der Waals surface area contributed by atoms with Crippen LogP contribution in [0, 0.1) is 5.41 Å². The van der Waals surface area contributed by atoms with Crippen molar-refractivity contribution >= 4 is 51.7 Å². The summed E-state index contributed by atoms with van der Waals surface area (Å²) >= 11 is 6.95. The molecule has 0 radical (unpaired) electrons. The maximum absolute atomic E-state index is 12.9. The summed E-state index contributed by atoms with van der Waals surface area (Å²) in [7, 11) is 0. The first-order valence-corrected chi connectivity index (χ1v) is 11.0. The van der Waals surface area contributed by atoms with E-state index in [4.69, 9.17) is 11.6 Å². The van der Waals surface area contributed by atoms with Gasteiger partial charge in [-0.25, -0.2) is 0 Å². The molecule has 1 fully saturated rings. The van der Waals surface area contributed by atoms with Crippen molar-refractivity contribution in [2.24, 2.45) is 15.6 Å². The van der Waals surface area contributed by atoms with Gasteiger partial charge >= 0.3 is 6.18 Å². The number of benzene rings is 1. The average Bonchev–Trinajstić information content (AvgIpc) is 2.98. The highest BCUT2D eigenvalue weighted by Gasteiger charge is 2.34. The van der Waals surface area contributed by atoms with E-state index in [1.165, 1.54) is 5.57 Å². The van der Waals surface area contributed by atoms with Crippen molar-refractivity contribution in [3.63, 3.8) is 0 Å². The van der Waals surface area contributed by atoms with E-state index in [0.717, 1.165) is 48.5 Å². The van der Waals surface area contributed by atoms with Crippen LogP contribution in [0.3, 0.4) is 0 Å². The Morgan fingerprint density at radius 3 is 2.69 bits per heavy atom. The average molecular weight is 487 g/mol. The van der Waals surface area contributed by atoms with Gasteiger partial charge in [-0.2, -0.15) is 18.3 Å². The van der Waals surface area contributed by atoms with Gasteiger partial charge in [0.1, 0.15) is 5.25 Å². The summed E-state index contributed by atoms with van der Waals surface area (Å²) in [5.41, 5.74) is 0.980. The van der Waals surface area contributed by atoms with Gasteiger partial charge in [0, 0.05) is 6.42 Å². The van der Waals surface area contributed by atoms with Crippen LogP contribution in [0.2, 0.25) is 5.02 Å². The van der Waals surface area contributed by atoms with Gasteiger partial charge in [-0.05, 0) is 49.5 Å². The number of halogens is 4. The van der Waals surface area contributed by atoms with E-state index < -0.39 is 28.8 Å². The fourth-order valence-corrected chi connectivity index (χ4v) is 4.70. The Morgan fingerprint density at radius 1 is 1.31 bits per heavy atom. The zero-order valence-corrected chi connectivity index (χ0v) is 19.2. The maximum atomic E-state index is 12.9. The minimum atomic E-state index is -4.57. The summed E-state index contributed by atoms with van der Waals surface area (Å²) in [6.45, 7) is 6.31. The number of hydrogen-bond donors (Lipinski definition) is 2. The molecule has 0 aromatic heterocycles. The molecule has 11 heteroatoms. The number of carbonyl (C=O) groups excluding carboxylic acids is 2. The number of hydrogen-bond acceptors (Lipinski definition) is 5. The van der Waals surface area contributed by atoms with Gasteiger partial charge in [-0.1, -0.05) is 42.8 Å². The Balaban J connectivity index is 1.64. The van der Waals surface area contributed by atoms with E-state index in [1.807, 2.05) is 13.0 Å². The van der Waals surface area contributed by atoms with E-state index in [9.17, 15) is 22.8 Å². The summed E-state index contributed by atoms with van der Waals surface area (Å²) in [5.74, 6) is -1.06. The number of amidine groups is 1. The first-order chi connectivity index (χ1) is 14.8. The molecule has 32 heavy (non-hydrogen) atoms. The lowest BCUT2D eigenvalue weighted by Gasteiger charge is -2.28. The van der Waals surface area contributed by atoms with Gasteiger partial charge in [0.15, 0.2) is 5.17 Å². The predicted octanol–water partition coefficient (Wildman–Crippen LogP) is 5.40. The molecule has 0 bridgehead atoms. The van der Waals surface area contributed by atoms with Gasteiger partial charge in [0.25, 0.3) is 0 Å². The van der Waals surface area contributed by atoms with Crippen LogP contribution in [0.15, 0.2) is 40.1 Å². The van der Waals surface area contributed by atoms with Crippen LogP contribution in [0.25, 0.3) is 0 Å². The van der Waals surface area contributed by atoms with Crippen LogP contribution in [0.5, 0.6) is 0 Å². The number of nitrogens with one attached hydrogen (secondary N) is 2. The highest BCUT2D eigenvalue weighted by atomic mass is 35.5. The Morgan fingerprint density at radius 2 is 2.03 bits per heavy atom. The van der Waals surface area contributed by atoms with E-state index in [-0.39, 0.29) is 27.7 Å². The minimum Gasteiger partial charge on any atom is -0.325 e. The van der Waals surface area contributed by atoms with Crippen LogP contribution in [-0.4, -0.2) is 27.9 Å². The highest BCUT2D eigenvalue weighted by Crippen LogP contribution is 2.35. The second kappa shape index (κ2) is 9.27. The fourth-order valence-electron chi connectivity index (χ4n) is 3.62. The van der Waals surface area contributed by atoms with E-state index in [1.54, 1.807) is 0 Å². The van der Waals surface area contributed by atoms with Crippen molar-refractivity contribution in [3.05, 3.63) is 40.4 Å². The molecule has 0 spiro atoms.